The summed E-state index contributed by atoms with van der Waals surface area (Å²) >= 11 is 0. The number of imidazole rings is 1. The monoisotopic (exact) mass is 299 g/mol. The second-order valence-corrected chi connectivity index (χ2v) is 4.71. The van der Waals surface area contributed by atoms with E-state index in [-0.39, 0.29) is 23.8 Å². The van der Waals surface area contributed by atoms with Gasteiger partial charge >= 0.3 is 6.08 Å². The quantitative estimate of drug-likeness (QED) is 0.750. The molecule has 0 atom stereocenters. The Bertz CT molecular complexity index is 815. The summed E-state index contributed by atoms with van der Waals surface area (Å²) in [6.45, 7) is 2.20. The molecule has 1 N–H and O–H groups in total. The van der Waals surface area contributed by atoms with E-state index in [2.05, 4.69) is 20.3 Å². The number of aromatic nitrogens is 4. The fourth-order valence-corrected chi connectivity index (χ4v) is 2.13. The first-order chi connectivity index (χ1) is 10.7. The summed E-state index contributed by atoms with van der Waals surface area (Å²) in [4.78, 5) is 23.4. The molecule has 0 aliphatic rings. The molecule has 0 radical (unpaired) electrons. The van der Waals surface area contributed by atoms with E-state index >= 15 is 0 Å². The highest BCUT2D eigenvalue weighted by atomic mass is 19.1. The molecule has 6 nitrogen and oxygen atoms in total. The van der Waals surface area contributed by atoms with Crippen molar-refractivity contribution in [3.05, 3.63) is 48.3 Å². The Morgan fingerprint density at radius 2 is 2.05 bits per heavy atom. The van der Waals surface area contributed by atoms with Gasteiger partial charge < -0.3 is 5.32 Å². The molecule has 2 heterocycles. The van der Waals surface area contributed by atoms with Gasteiger partial charge in [-0.15, -0.1) is 0 Å². The molecular weight excluding hydrogens is 285 g/mol. The topological polar surface area (TPSA) is 72.7 Å². The van der Waals surface area contributed by atoms with Crippen molar-refractivity contribution in [3.8, 4) is 0 Å². The number of carbonyl (C=O) groups is 1. The molecule has 0 aliphatic carbocycles. The first-order valence-electron chi connectivity index (χ1n) is 6.90. The lowest BCUT2D eigenvalue weighted by molar-refractivity contribution is 0.0913. The molecule has 0 aliphatic heterocycles. The van der Waals surface area contributed by atoms with Gasteiger partial charge in [0.15, 0.2) is 17.0 Å². The second-order valence-electron chi connectivity index (χ2n) is 4.71. The lowest BCUT2D eigenvalue weighted by Gasteiger charge is -2.06. The van der Waals surface area contributed by atoms with Crippen LogP contribution in [0.15, 0.2) is 36.7 Å². The minimum Gasteiger partial charge on any atom is -0.364 e. The maximum atomic E-state index is 13.6. The van der Waals surface area contributed by atoms with Crippen molar-refractivity contribution in [2.45, 2.75) is 19.9 Å². The Hall–Kier alpha value is -2.83. The van der Waals surface area contributed by atoms with Gasteiger partial charge in [-0.2, -0.15) is 14.4 Å². The van der Waals surface area contributed by atoms with E-state index in [1.54, 1.807) is 6.92 Å². The van der Waals surface area contributed by atoms with Gasteiger partial charge in [0.05, 0.1) is 0 Å². The maximum Gasteiger partial charge on any atom is 0.312 e. The molecule has 0 saturated heterocycles. The van der Waals surface area contributed by atoms with Gasteiger partial charge in [-0.1, -0.05) is 37.3 Å². The van der Waals surface area contributed by atoms with Crippen LogP contribution in [0.4, 0.5) is 10.2 Å². The average molecular weight is 299 g/mol. The first kappa shape index (κ1) is 14.1. The van der Waals surface area contributed by atoms with E-state index in [1.165, 1.54) is 10.9 Å². The summed E-state index contributed by atoms with van der Waals surface area (Å²) in [6, 6.07) is 9.65. The number of rotatable bonds is 4. The summed E-state index contributed by atoms with van der Waals surface area (Å²) in [5.41, 5.74) is 1.58. The zero-order valence-electron chi connectivity index (χ0n) is 12.0. The highest BCUT2D eigenvalue weighted by Gasteiger charge is 2.16. The molecule has 2 aromatic heterocycles. The first-order valence-corrected chi connectivity index (χ1v) is 6.90. The van der Waals surface area contributed by atoms with Crippen molar-refractivity contribution < 1.29 is 9.18 Å². The third-order valence-electron chi connectivity index (χ3n) is 3.24. The Balaban J connectivity index is 1.96. The molecule has 0 unspecified atom stereocenters. The molecular formula is C15H14FN5O. The van der Waals surface area contributed by atoms with Crippen molar-refractivity contribution in [2.24, 2.45) is 0 Å². The summed E-state index contributed by atoms with van der Waals surface area (Å²) in [7, 11) is 0. The third kappa shape index (κ3) is 2.65. The molecule has 0 fully saturated rings. The van der Waals surface area contributed by atoms with Gasteiger partial charge in [-0.3, -0.25) is 9.36 Å². The van der Waals surface area contributed by atoms with Crippen LogP contribution in [0.3, 0.4) is 0 Å². The largest absolute Gasteiger partial charge is 0.364 e. The summed E-state index contributed by atoms with van der Waals surface area (Å²) < 4.78 is 14.9. The Morgan fingerprint density at radius 1 is 1.27 bits per heavy atom. The molecule has 0 bridgehead atoms. The number of anilines is 1. The van der Waals surface area contributed by atoms with E-state index in [1.807, 2.05) is 30.3 Å². The molecule has 0 amide bonds. The molecule has 112 valence electrons. The molecule has 3 rings (SSSR count). The van der Waals surface area contributed by atoms with Crippen LogP contribution in [-0.4, -0.2) is 25.4 Å². The van der Waals surface area contributed by atoms with Crippen LogP contribution in [0.1, 0.15) is 23.7 Å². The Kier molecular flexibility index (Phi) is 3.78. The second kappa shape index (κ2) is 5.88. The smallest absolute Gasteiger partial charge is 0.312 e. The predicted molar refractivity (Wildman–Crippen MR) is 80.0 cm³/mol. The van der Waals surface area contributed by atoms with E-state index in [0.717, 1.165) is 5.56 Å². The predicted octanol–water partition coefficient (Wildman–Crippen LogP) is 2.63. The summed E-state index contributed by atoms with van der Waals surface area (Å²) in [6.07, 6.45) is 0.732. The number of hydrogen-bond acceptors (Lipinski definition) is 5. The van der Waals surface area contributed by atoms with E-state index in [0.29, 0.717) is 12.1 Å². The molecule has 7 heteroatoms. The van der Waals surface area contributed by atoms with E-state index in [9.17, 15) is 9.18 Å². The number of nitrogens with zero attached hydrogens (tertiary/aromatic N) is 4. The van der Waals surface area contributed by atoms with Gasteiger partial charge in [0.2, 0.25) is 5.91 Å². The minimum atomic E-state index is -0.895. The van der Waals surface area contributed by atoms with Crippen molar-refractivity contribution in [2.75, 3.05) is 5.32 Å². The number of hydrogen-bond donors (Lipinski definition) is 1. The Labute approximate surface area is 126 Å². The van der Waals surface area contributed by atoms with E-state index in [4.69, 9.17) is 0 Å². The van der Waals surface area contributed by atoms with Crippen LogP contribution in [0.2, 0.25) is 0 Å². The zero-order chi connectivity index (χ0) is 15.5. The van der Waals surface area contributed by atoms with Gasteiger partial charge in [0.25, 0.3) is 0 Å². The lowest BCUT2D eigenvalue weighted by atomic mass is 10.2. The number of nitrogens with one attached hydrogen (secondary N) is 1. The normalized spacial score (nSPS) is 10.8. The third-order valence-corrected chi connectivity index (χ3v) is 3.24. The average Bonchev–Trinajstić information content (AvgIpc) is 2.96. The fraction of sp³-hybridized carbons (Fsp3) is 0.200. The number of fused-ring (bicyclic) bond motifs is 1. The number of halogens is 1. The molecule has 1 aromatic carbocycles. The van der Waals surface area contributed by atoms with Crippen LogP contribution in [-0.2, 0) is 6.54 Å². The SMILES string of the molecule is CCC(=O)n1cnc2c(NCc3ccccc3)nc(F)nc21. The zero-order valence-corrected chi connectivity index (χ0v) is 12.0. The standard InChI is InChI=1S/C15H14FN5O/c1-2-11(22)21-9-18-12-13(19-15(16)20-14(12)21)17-8-10-6-4-3-5-7-10/h3-7,9H,2,8H2,1H3,(H,17,19,20). The molecule has 3 aromatic rings. The molecule has 0 spiro atoms. The lowest BCUT2D eigenvalue weighted by Crippen LogP contribution is -2.10. The van der Waals surface area contributed by atoms with Gasteiger partial charge in [-0.05, 0) is 5.56 Å². The highest BCUT2D eigenvalue weighted by molar-refractivity contribution is 5.92. The van der Waals surface area contributed by atoms with Crippen molar-refractivity contribution >= 4 is 22.9 Å². The molecule has 0 saturated carbocycles. The van der Waals surface area contributed by atoms with E-state index < -0.39 is 6.08 Å². The van der Waals surface area contributed by atoms with Gasteiger partial charge in [0, 0.05) is 13.0 Å². The fourth-order valence-electron chi connectivity index (χ4n) is 2.13. The van der Waals surface area contributed by atoms with Crippen molar-refractivity contribution in [3.63, 3.8) is 0 Å². The van der Waals surface area contributed by atoms with Crippen LogP contribution < -0.4 is 5.32 Å². The van der Waals surface area contributed by atoms with Crippen LogP contribution in [0.5, 0.6) is 0 Å². The highest BCUT2D eigenvalue weighted by Crippen LogP contribution is 2.19. The van der Waals surface area contributed by atoms with Gasteiger partial charge in [0.1, 0.15) is 6.33 Å². The number of carbonyl (C=O) groups excluding carboxylic acids is 1. The molecule has 22 heavy (non-hydrogen) atoms. The summed E-state index contributed by atoms with van der Waals surface area (Å²) in [5, 5.41) is 3.04. The maximum absolute atomic E-state index is 13.6. The van der Waals surface area contributed by atoms with Crippen LogP contribution in [0.25, 0.3) is 11.2 Å². The number of benzene rings is 1. The van der Waals surface area contributed by atoms with Gasteiger partial charge in [-0.25, -0.2) is 4.98 Å². The summed E-state index contributed by atoms with van der Waals surface area (Å²) in [5.74, 6) is 0.0728. The van der Waals surface area contributed by atoms with Crippen LogP contribution in [0, 0.1) is 6.08 Å². The Morgan fingerprint density at radius 3 is 2.77 bits per heavy atom. The van der Waals surface area contributed by atoms with Crippen molar-refractivity contribution in [1.82, 2.24) is 19.5 Å². The van der Waals surface area contributed by atoms with Crippen LogP contribution >= 0.6 is 0 Å². The van der Waals surface area contributed by atoms with Crippen molar-refractivity contribution in [1.29, 1.82) is 0 Å². The minimum absolute atomic E-state index is 0.176.